The van der Waals surface area contributed by atoms with Gasteiger partial charge in [-0.3, -0.25) is 0 Å². The van der Waals surface area contributed by atoms with Crippen molar-refractivity contribution < 1.29 is 0 Å². The van der Waals surface area contributed by atoms with E-state index in [2.05, 4.69) is 193 Å². The first-order chi connectivity index (χ1) is 24.8. The number of hydrogen-bond donors (Lipinski definition) is 0. The summed E-state index contributed by atoms with van der Waals surface area (Å²) in [6.45, 7) is 0. The van der Waals surface area contributed by atoms with Crippen LogP contribution in [-0.2, 0) is 0 Å². The van der Waals surface area contributed by atoms with E-state index >= 15 is 0 Å². The van der Waals surface area contributed by atoms with Gasteiger partial charge in [-0.1, -0.05) is 146 Å². The van der Waals surface area contributed by atoms with Gasteiger partial charge in [0, 0.05) is 42.3 Å². The summed E-state index contributed by atoms with van der Waals surface area (Å²) in [5.41, 5.74) is 8.27. The van der Waals surface area contributed by atoms with Crippen LogP contribution in [0.4, 0.5) is 17.1 Å². The largest absolute Gasteiger partial charge is 0.310 e. The highest BCUT2D eigenvalue weighted by Crippen LogP contribution is 2.47. The van der Waals surface area contributed by atoms with Crippen LogP contribution in [0, 0.1) is 0 Å². The first-order valence-corrected chi connectivity index (χ1v) is 17.9. The molecule has 0 radical (unpaired) electrons. The van der Waals surface area contributed by atoms with Gasteiger partial charge in [0.25, 0.3) is 0 Å². The molecular formula is C48H31NS. The number of hydrogen-bond acceptors (Lipinski definition) is 2. The lowest BCUT2D eigenvalue weighted by Gasteiger charge is -2.28. The van der Waals surface area contributed by atoms with Crippen LogP contribution < -0.4 is 4.90 Å². The number of nitrogens with zero attached hydrogens (tertiary/aromatic N) is 1. The van der Waals surface area contributed by atoms with Crippen LogP contribution in [0.3, 0.4) is 0 Å². The Bertz CT molecular complexity index is 2870. The first kappa shape index (κ1) is 28.8. The van der Waals surface area contributed by atoms with E-state index in [1.165, 1.54) is 80.4 Å². The fraction of sp³-hybridized carbons (Fsp3) is 0. The van der Waals surface area contributed by atoms with Crippen LogP contribution >= 0.6 is 11.3 Å². The highest BCUT2D eigenvalue weighted by Gasteiger charge is 2.20. The second kappa shape index (κ2) is 11.7. The van der Waals surface area contributed by atoms with Gasteiger partial charge in [0.1, 0.15) is 0 Å². The maximum Gasteiger partial charge on any atom is 0.0547 e. The van der Waals surface area contributed by atoms with Crippen LogP contribution in [0.15, 0.2) is 188 Å². The lowest BCUT2D eigenvalue weighted by molar-refractivity contribution is 1.30. The van der Waals surface area contributed by atoms with E-state index in [0.717, 1.165) is 11.4 Å². The highest BCUT2D eigenvalue weighted by atomic mass is 32.1. The second-order valence-electron chi connectivity index (χ2n) is 12.9. The van der Waals surface area contributed by atoms with Crippen molar-refractivity contribution >= 4 is 80.9 Å². The summed E-state index contributed by atoms with van der Waals surface area (Å²) < 4.78 is 2.65. The summed E-state index contributed by atoms with van der Waals surface area (Å²) in [7, 11) is 0. The summed E-state index contributed by atoms with van der Waals surface area (Å²) in [6, 6.07) is 68.7. The number of anilines is 3. The SMILES string of the molecule is c1ccc(-c2cccc(N(c3ccc(-c4cc5ccccc5c5ccccc45)cc3)c3cc4c5ccccc5sc4c4ccccc34)c2)cc1. The Morgan fingerprint density at radius 3 is 1.80 bits per heavy atom. The van der Waals surface area contributed by atoms with Gasteiger partial charge in [-0.2, -0.15) is 0 Å². The molecule has 234 valence electrons. The molecule has 0 atom stereocenters. The Labute approximate surface area is 294 Å². The molecule has 0 saturated heterocycles. The third kappa shape index (κ3) is 4.69. The average molecular weight is 654 g/mol. The number of rotatable bonds is 5. The predicted molar refractivity (Wildman–Crippen MR) is 217 cm³/mol. The molecule has 10 rings (SSSR count). The lowest BCUT2D eigenvalue weighted by atomic mass is 9.93. The Balaban J connectivity index is 1.21. The molecule has 9 aromatic carbocycles. The molecule has 1 aromatic heterocycles. The summed E-state index contributed by atoms with van der Waals surface area (Å²) in [6.07, 6.45) is 0. The van der Waals surface area contributed by atoms with Gasteiger partial charge in [-0.05, 0) is 86.3 Å². The molecule has 0 fully saturated rings. The molecule has 0 bridgehead atoms. The molecule has 0 saturated carbocycles. The quantitative estimate of drug-likeness (QED) is 0.167. The van der Waals surface area contributed by atoms with Crippen molar-refractivity contribution in [3.8, 4) is 22.3 Å². The zero-order valence-electron chi connectivity index (χ0n) is 27.3. The average Bonchev–Trinajstić information content (AvgIpc) is 3.57. The summed E-state index contributed by atoms with van der Waals surface area (Å²) >= 11 is 1.89. The van der Waals surface area contributed by atoms with Gasteiger partial charge >= 0.3 is 0 Å². The summed E-state index contributed by atoms with van der Waals surface area (Å²) in [5, 5.41) is 10.2. The first-order valence-electron chi connectivity index (χ1n) is 17.1. The van der Waals surface area contributed by atoms with Gasteiger partial charge < -0.3 is 4.90 Å². The fourth-order valence-corrected chi connectivity index (χ4v) is 8.90. The standard InChI is InChI=1S/C48H31NS/c1-2-13-32(14-3-1)34-16-12-17-37(29-34)49(46-31-45-42-22-10-11-24-47(42)50-48(45)43-23-9-8-21-41(43)46)36-27-25-33(26-28-36)44-30-35-15-4-5-18-38(35)39-19-6-7-20-40(39)44/h1-31H. The molecular weight excluding hydrogens is 623 g/mol. The van der Waals surface area contributed by atoms with Gasteiger partial charge in [-0.25, -0.2) is 0 Å². The van der Waals surface area contributed by atoms with Crippen LogP contribution in [0.25, 0.3) is 74.7 Å². The van der Waals surface area contributed by atoms with Crippen molar-refractivity contribution in [1.29, 1.82) is 0 Å². The molecule has 1 heterocycles. The van der Waals surface area contributed by atoms with E-state index in [1.807, 2.05) is 11.3 Å². The van der Waals surface area contributed by atoms with Crippen molar-refractivity contribution in [2.24, 2.45) is 0 Å². The molecule has 2 heteroatoms. The molecule has 0 N–H and O–H groups in total. The van der Waals surface area contributed by atoms with Gasteiger partial charge in [-0.15, -0.1) is 11.3 Å². The zero-order chi connectivity index (χ0) is 33.0. The van der Waals surface area contributed by atoms with Gasteiger partial charge in [0.15, 0.2) is 0 Å². The van der Waals surface area contributed by atoms with E-state index in [-0.39, 0.29) is 0 Å². The Morgan fingerprint density at radius 2 is 0.980 bits per heavy atom. The fourth-order valence-electron chi connectivity index (χ4n) is 7.68. The van der Waals surface area contributed by atoms with Gasteiger partial charge in [0.05, 0.1) is 5.69 Å². The molecule has 10 aromatic rings. The minimum Gasteiger partial charge on any atom is -0.310 e. The molecule has 0 aliphatic rings. The third-order valence-electron chi connectivity index (χ3n) is 10.0. The van der Waals surface area contributed by atoms with E-state index in [4.69, 9.17) is 0 Å². The van der Waals surface area contributed by atoms with Gasteiger partial charge in [0.2, 0.25) is 0 Å². The predicted octanol–water partition coefficient (Wildman–Crippen LogP) is 14.3. The van der Waals surface area contributed by atoms with Crippen molar-refractivity contribution in [2.45, 2.75) is 0 Å². The van der Waals surface area contributed by atoms with E-state index in [9.17, 15) is 0 Å². The smallest absolute Gasteiger partial charge is 0.0547 e. The normalized spacial score (nSPS) is 11.6. The maximum absolute atomic E-state index is 2.45. The van der Waals surface area contributed by atoms with Crippen LogP contribution in [0.2, 0.25) is 0 Å². The Kier molecular flexibility index (Phi) is 6.75. The number of fused-ring (bicyclic) bond motifs is 8. The topological polar surface area (TPSA) is 3.24 Å². The highest BCUT2D eigenvalue weighted by molar-refractivity contribution is 7.26. The van der Waals surface area contributed by atoms with E-state index in [1.54, 1.807) is 0 Å². The lowest BCUT2D eigenvalue weighted by Crippen LogP contribution is -2.10. The van der Waals surface area contributed by atoms with Crippen LogP contribution in [-0.4, -0.2) is 0 Å². The van der Waals surface area contributed by atoms with Crippen molar-refractivity contribution in [1.82, 2.24) is 0 Å². The maximum atomic E-state index is 2.45. The van der Waals surface area contributed by atoms with E-state index < -0.39 is 0 Å². The monoisotopic (exact) mass is 653 g/mol. The molecule has 0 aliphatic carbocycles. The number of thiophene rings is 1. The van der Waals surface area contributed by atoms with Crippen LogP contribution in [0.1, 0.15) is 0 Å². The molecule has 0 amide bonds. The molecule has 0 unspecified atom stereocenters. The molecule has 0 aliphatic heterocycles. The van der Waals surface area contributed by atoms with Crippen molar-refractivity contribution in [3.05, 3.63) is 188 Å². The van der Waals surface area contributed by atoms with Crippen LogP contribution in [0.5, 0.6) is 0 Å². The minimum absolute atomic E-state index is 1.12. The summed E-state index contributed by atoms with van der Waals surface area (Å²) in [5.74, 6) is 0. The third-order valence-corrected chi connectivity index (χ3v) is 11.2. The summed E-state index contributed by atoms with van der Waals surface area (Å²) in [4.78, 5) is 2.45. The Morgan fingerprint density at radius 1 is 0.340 bits per heavy atom. The molecule has 0 spiro atoms. The second-order valence-corrected chi connectivity index (χ2v) is 14.0. The van der Waals surface area contributed by atoms with Crippen molar-refractivity contribution in [3.63, 3.8) is 0 Å². The van der Waals surface area contributed by atoms with Crippen molar-refractivity contribution in [2.75, 3.05) is 4.90 Å². The molecule has 1 nitrogen and oxygen atoms in total. The zero-order valence-corrected chi connectivity index (χ0v) is 28.1. The molecule has 50 heavy (non-hydrogen) atoms. The number of benzene rings is 9. The van der Waals surface area contributed by atoms with E-state index in [0.29, 0.717) is 0 Å². The minimum atomic E-state index is 1.12. The Hall–Kier alpha value is -6.22.